The number of aliphatic hydroxyl groups is 1. The molecule has 3 aromatic rings. The maximum atomic E-state index is 12.1. The molecule has 0 radical (unpaired) electrons. The van der Waals surface area contributed by atoms with Gasteiger partial charge in [-0.25, -0.2) is 9.78 Å². The number of ether oxygens (including phenoxy) is 1. The van der Waals surface area contributed by atoms with E-state index in [0.717, 1.165) is 0 Å². The number of allylic oxidation sites excluding steroid dienone is 1. The molecule has 0 unspecified atom stereocenters. The number of esters is 1. The molecule has 8 heteroatoms. The summed E-state index contributed by atoms with van der Waals surface area (Å²) in [4.78, 5) is 19.3. The number of imidazole rings is 1. The third kappa shape index (κ3) is 3.64. The first kappa shape index (κ1) is 17.8. The molecule has 3 rings (SSSR count). The van der Waals surface area contributed by atoms with Crippen LogP contribution in [-0.4, -0.2) is 27.7 Å². The molecule has 0 aliphatic rings. The number of rotatable bonds is 4. The van der Waals surface area contributed by atoms with Gasteiger partial charge in [-0.2, -0.15) is 5.26 Å². The second-order valence-corrected chi connectivity index (χ2v) is 6.08. The Kier molecular flexibility index (Phi) is 5.12. The highest BCUT2D eigenvalue weighted by Crippen LogP contribution is 2.23. The topological polar surface area (TPSA) is 99.0 Å². The molecule has 0 fully saturated rings. The van der Waals surface area contributed by atoms with Crippen molar-refractivity contribution in [1.82, 2.24) is 9.97 Å². The first-order chi connectivity index (χ1) is 12.5. The van der Waals surface area contributed by atoms with Crippen molar-refractivity contribution in [3.8, 4) is 6.07 Å². The zero-order valence-electron chi connectivity index (χ0n) is 13.2. The number of halogens is 2. The summed E-state index contributed by atoms with van der Waals surface area (Å²) >= 11 is 11.7. The van der Waals surface area contributed by atoms with Crippen LogP contribution in [0.1, 0.15) is 16.2 Å². The van der Waals surface area contributed by atoms with Gasteiger partial charge in [0, 0.05) is 5.02 Å². The number of aliphatic hydroxyl groups excluding tert-OH is 1. The molecule has 0 saturated heterocycles. The van der Waals surface area contributed by atoms with E-state index in [1.54, 1.807) is 18.2 Å². The van der Waals surface area contributed by atoms with Gasteiger partial charge in [-0.3, -0.25) is 0 Å². The van der Waals surface area contributed by atoms with E-state index in [2.05, 4.69) is 9.97 Å². The molecule has 2 N–H and O–H groups in total. The molecule has 130 valence electrons. The number of carbonyl (C=O) groups excluding carboxylic acids is 1. The Bertz CT molecular complexity index is 1030. The van der Waals surface area contributed by atoms with Gasteiger partial charge >= 0.3 is 5.97 Å². The Balaban J connectivity index is 1.81. The van der Waals surface area contributed by atoms with Gasteiger partial charge in [0.1, 0.15) is 18.2 Å². The SMILES string of the molecule is N#C/C(=C(/O)COC(=O)c1ccc(Cl)cc1Cl)c1nc2ccccc2[nH]1. The summed E-state index contributed by atoms with van der Waals surface area (Å²) in [6, 6.07) is 13.4. The molecular formula is C18H11Cl2N3O3. The minimum atomic E-state index is -0.750. The molecule has 0 aliphatic heterocycles. The predicted octanol–water partition coefficient (Wildman–Crippen LogP) is 4.52. The van der Waals surface area contributed by atoms with Crippen LogP contribution in [0, 0.1) is 11.3 Å². The summed E-state index contributed by atoms with van der Waals surface area (Å²) in [6.07, 6.45) is 0. The second kappa shape index (κ2) is 7.48. The van der Waals surface area contributed by atoms with Crippen LogP contribution in [0.25, 0.3) is 16.6 Å². The van der Waals surface area contributed by atoms with Crippen LogP contribution in [-0.2, 0) is 4.74 Å². The number of carbonyl (C=O) groups is 1. The van der Waals surface area contributed by atoms with Crippen molar-refractivity contribution in [1.29, 1.82) is 5.26 Å². The van der Waals surface area contributed by atoms with Gasteiger partial charge in [0.05, 0.1) is 21.6 Å². The number of aromatic amines is 1. The van der Waals surface area contributed by atoms with Gasteiger partial charge in [0.15, 0.2) is 11.6 Å². The Morgan fingerprint density at radius 1 is 1.27 bits per heavy atom. The molecule has 0 saturated carbocycles. The predicted molar refractivity (Wildman–Crippen MR) is 98.0 cm³/mol. The van der Waals surface area contributed by atoms with Crippen molar-refractivity contribution in [3.05, 3.63) is 69.7 Å². The third-order valence-electron chi connectivity index (χ3n) is 3.52. The van der Waals surface area contributed by atoms with Crippen LogP contribution in [0.4, 0.5) is 0 Å². The van der Waals surface area contributed by atoms with Crippen LogP contribution < -0.4 is 0 Å². The van der Waals surface area contributed by atoms with Crippen molar-refractivity contribution < 1.29 is 14.6 Å². The zero-order valence-corrected chi connectivity index (χ0v) is 14.7. The maximum Gasteiger partial charge on any atom is 0.340 e. The number of H-pyrrole nitrogens is 1. The lowest BCUT2D eigenvalue weighted by Crippen LogP contribution is -2.10. The smallest absolute Gasteiger partial charge is 0.340 e. The second-order valence-electron chi connectivity index (χ2n) is 5.24. The van der Waals surface area contributed by atoms with E-state index in [-0.39, 0.29) is 22.0 Å². The van der Waals surface area contributed by atoms with Gasteiger partial charge in [-0.05, 0) is 30.3 Å². The van der Waals surface area contributed by atoms with Crippen molar-refractivity contribution in [2.45, 2.75) is 0 Å². The Labute approximate surface area is 158 Å². The first-order valence-electron chi connectivity index (χ1n) is 7.39. The van der Waals surface area contributed by atoms with E-state index in [1.165, 1.54) is 18.2 Å². The fraction of sp³-hybridized carbons (Fsp3) is 0.0556. The molecule has 0 amide bonds. The molecule has 1 aromatic heterocycles. The number of nitriles is 1. The Morgan fingerprint density at radius 3 is 2.73 bits per heavy atom. The summed E-state index contributed by atoms with van der Waals surface area (Å²) in [5.74, 6) is -0.989. The third-order valence-corrected chi connectivity index (χ3v) is 4.07. The number of hydrogen-bond acceptors (Lipinski definition) is 5. The van der Waals surface area contributed by atoms with E-state index >= 15 is 0 Å². The number of aromatic nitrogens is 2. The Morgan fingerprint density at radius 2 is 2.04 bits per heavy atom. The fourth-order valence-electron chi connectivity index (χ4n) is 2.26. The van der Waals surface area contributed by atoms with Gasteiger partial charge in [0.25, 0.3) is 0 Å². The van der Waals surface area contributed by atoms with Gasteiger partial charge in [0.2, 0.25) is 0 Å². The summed E-state index contributed by atoms with van der Waals surface area (Å²) in [6.45, 7) is -0.502. The molecule has 2 aromatic carbocycles. The molecule has 0 atom stereocenters. The number of para-hydroxylation sites is 2. The van der Waals surface area contributed by atoms with Crippen LogP contribution in [0.2, 0.25) is 10.0 Å². The normalized spacial score (nSPS) is 11.7. The molecule has 0 bridgehead atoms. The van der Waals surface area contributed by atoms with Gasteiger partial charge in [-0.15, -0.1) is 0 Å². The number of benzene rings is 2. The first-order valence-corrected chi connectivity index (χ1v) is 8.14. The van der Waals surface area contributed by atoms with Crippen LogP contribution in [0.5, 0.6) is 0 Å². The van der Waals surface area contributed by atoms with Crippen LogP contribution >= 0.6 is 23.2 Å². The van der Waals surface area contributed by atoms with Crippen LogP contribution in [0.3, 0.4) is 0 Å². The molecule has 0 spiro atoms. The number of hydrogen-bond donors (Lipinski definition) is 2. The fourth-order valence-corrected chi connectivity index (χ4v) is 2.75. The number of nitrogens with zero attached hydrogens (tertiary/aromatic N) is 2. The highest BCUT2D eigenvalue weighted by molar-refractivity contribution is 6.36. The van der Waals surface area contributed by atoms with Crippen LogP contribution in [0.15, 0.2) is 48.2 Å². The molecule has 26 heavy (non-hydrogen) atoms. The summed E-state index contributed by atoms with van der Waals surface area (Å²) < 4.78 is 5.02. The molecule has 1 heterocycles. The average molecular weight is 388 g/mol. The minimum Gasteiger partial charge on any atom is -0.507 e. The quantitative estimate of drug-likeness (QED) is 0.389. The summed E-state index contributed by atoms with van der Waals surface area (Å²) in [7, 11) is 0. The van der Waals surface area contributed by atoms with E-state index in [1.807, 2.05) is 12.1 Å². The lowest BCUT2D eigenvalue weighted by molar-refractivity contribution is 0.0503. The standard InChI is InChI=1S/C18H11Cl2N3O3/c19-10-5-6-11(13(20)7-10)18(25)26-9-16(24)12(8-21)17-22-14-3-1-2-4-15(14)23-17/h1-7,24H,9H2,(H,22,23)/b16-12-. The zero-order chi connectivity index (χ0) is 18.7. The van der Waals surface area contributed by atoms with Crippen molar-refractivity contribution in [2.75, 3.05) is 6.61 Å². The Hall–Kier alpha value is -3.01. The monoisotopic (exact) mass is 387 g/mol. The average Bonchev–Trinajstić information content (AvgIpc) is 3.04. The molecule has 0 aliphatic carbocycles. The summed E-state index contributed by atoms with van der Waals surface area (Å²) in [5.41, 5.74) is 1.35. The van der Waals surface area contributed by atoms with E-state index in [4.69, 9.17) is 27.9 Å². The van der Waals surface area contributed by atoms with Gasteiger partial charge in [-0.1, -0.05) is 35.3 Å². The lowest BCUT2D eigenvalue weighted by atomic mass is 10.2. The van der Waals surface area contributed by atoms with Crippen molar-refractivity contribution in [3.63, 3.8) is 0 Å². The van der Waals surface area contributed by atoms with Gasteiger partial charge < -0.3 is 14.8 Å². The maximum absolute atomic E-state index is 12.1. The largest absolute Gasteiger partial charge is 0.507 e. The van der Waals surface area contributed by atoms with E-state index < -0.39 is 18.3 Å². The van der Waals surface area contributed by atoms with E-state index in [0.29, 0.717) is 16.1 Å². The van der Waals surface area contributed by atoms with Crippen molar-refractivity contribution in [2.24, 2.45) is 0 Å². The highest BCUT2D eigenvalue weighted by atomic mass is 35.5. The molecule has 6 nitrogen and oxygen atoms in total. The lowest BCUT2D eigenvalue weighted by Gasteiger charge is -2.07. The summed E-state index contributed by atoms with van der Waals surface area (Å²) in [5, 5.41) is 20.0. The van der Waals surface area contributed by atoms with Crippen molar-refractivity contribution >= 4 is 45.8 Å². The number of nitrogens with one attached hydrogen (secondary N) is 1. The van der Waals surface area contributed by atoms with E-state index in [9.17, 15) is 15.2 Å². The minimum absolute atomic E-state index is 0.103. The number of fused-ring (bicyclic) bond motifs is 1. The molecular weight excluding hydrogens is 377 g/mol. The highest BCUT2D eigenvalue weighted by Gasteiger charge is 2.17.